The van der Waals surface area contributed by atoms with Crippen LogP contribution in [0.4, 0.5) is 0 Å². The van der Waals surface area contributed by atoms with Gasteiger partial charge >= 0.3 is 5.69 Å². The number of aromatic amines is 1. The Balaban J connectivity index is 2.42. The van der Waals surface area contributed by atoms with E-state index in [2.05, 4.69) is 15.0 Å². The molecule has 0 saturated heterocycles. The van der Waals surface area contributed by atoms with Gasteiger partial charge in [0.25, 0.3) is 5.56 Å². The first-order chi connectivity index (χ1) is 10.6. The van der Waals surface area contributed by atoms with Gasteiger partial charge in [-0.05, 0) is 12.1 Å². The van der Waals surface area contributed by atoms with Crippen molar-refractivity contribution in [1.82, 2.24) is 19.5 Å². The van der Waals surface area contributed by atoms with Crippen LogP contribution in [0, 0.1) is 0 Å². The number of fused-ring (bicyclic) bond motifs is 1. The molecule has 0 fully saturated rings. The van der Waals surface area contributed by atoms with E-state index >= 15 is 0 Å². The second-order valence-electron chi connectivity index (χ2n) is 4.63. The Morgan fingerprint density at radius 3 is 2.64 bits per heavy atom. The minimum Gasteiger partial charge on any atom is -0.292 e. The van der Waals surface area contributed by atoms with Gasteiger partial charge in [0, 0.05) is 6.42 Å². The lowest BCUT2D eigenvalue weighted by atomic mass is 10.2. The number of nitrogens with one attached hydrogen (secondary N) is 1. The molecule has 7 heteroatoms. The lowest BCUT2D eigenvalue weighted by Crippen LogP contribution is -2.30. The van der Waals surface area contributed by atoms with Gasteiger partial charge in [-0.15, -0.1) is 0 Å². The largest absolute Gasteiger partial charge is 0.334 e. The number of carbonyl (C=O) groups is 1. The molecule has 3 aromatic rings. The number of benzene rings is 1. The van der Waals surface area contributed by atoms with E-state index in [4.69, 9.17) is 0 Å². The van der Waals surface area contributed by atoms with Crippen molar-refractivity contribution in [3.05, 3.63) is 63.1 Å². The molecule has 2 aromatic heterocycles. The van der Waals surface area contributed by atoms with Crippen LogP contribution in [0.5, 0.6) is 0 Å². The van der Waals surface area contributed by atoms with Crippen LogP contribution in [-0.4, -0.2) is 25.3 Å². The van der Waals surface area contributed by atoms with Crippen molar-refractivity contribution in [2.45, 2.75) is 13.3 Å². The Hall–Kier alpha value is -3.09. The maximum absolute atomic E-state index is 12.2. The fraction of sp³-hybridized carbons (Fsp3) is 0.133. The molecule has 0 spiro atoms. The fourth-order valence-electron chi connectivity index (χ4n) is 2.14. The van der Waals surface area contributed by atoms with E-state index in [-0.39, 0.29) is 29.1 Å². The summed E-state index contributed by atoms with van der Waals surface area (Å²) in [5.74, 6) is -0.207. The van der Waals surface area contributed by atoms with Crippen molar-refractivity contribution in [1.29, 1.82) is 0 Å². The Bertz CT molecular complexity index is 973. The highest BCUT2D eigenvalue weighted by Crippen LogP contribution is 2.11. The van der Waals surface area contributed by atoms with E-state index in [1.165, 1.54) is 10.8 Å². The monoisotopic (exact) mass is 296 g/mol. The third-order valence-corrected chi connectivity index (χ3v) is 3.23. The standard InChI is InChI=1S/C15H12N4O3/c1-2-11(20)10-8-16-12-13(17-10)19(15(22)18-14(12)21)9-6-4-3-5-7-9/h3-8H,2H2,1H3,(H,18,21,22). The highest BCUT2D eigenvalue weighted by atomic mass is 16.2. The van der Waals surface area contributed by atoms with Gasteiger partial charge in [0.15, 0.2) is 16.9 Å². The zero-order chi connectivity index (χ0) is 15.7. The van der Waals surface area contributed by atoms with Crippen molar-refractivity contribution in [2.75, 3.05) is 0 Å². The molecule has 7 nitrogen and oxygen atoms in total. The van der Waals surface area contributed by atoms with Crippen LogP contribution in [0.3, 0.4) is 0 Å². The van der Waals surface area contributed by atoms with E-state index in [1.54, 1.807) is 37.3 Å². The summed E-state index contributed by atoms with van der Waals surface area (Å²) in [6.45, 7) is 1.70. The average molecular weight is 296 g/mol. The number of hydrogen-bond acceptors (Lipinski definition) is 5. The molecule has 0 aliphatic rings. The summed E-state index contributed by atoms with van der Waals surface area (Å²) in [7, 11) is 0. The maximum atomic E-state index is 12.2. The molecule has 1 N–H and O–H groups in total. The first-order valence-corrected chi connectivity index (χ1v) is 6.72. The van der Waals surface area contributed by atoms with Gasteiger partial charge in [0.05, 0.1) is 11.9 Å². The molecule has 0 aliphatic heterocycles. The summed E-state index contributed by atoms with van der Waals surface area (Å²) in [6.07, 6.45) is 1.52. The molecule has 0 amide bonds. The molecule has 0 aliphatic carbocycles. The normalized spacial score (nSPS) is 10.8. The molecule has 2 heterocycles. The minimum absolute atomic E-state index is 0.0103. The number of ketones is 1. The van der Waals surface area contributed by atoms with Crippen molar-refractivity contribution in [3.63, 3.8) is 0 Å². The van der Waals surface area contributed by atoms with E-state index in [1.807, 2.05) is 0 Å². The molecular formula is C15H12N4O3. The summed E-state index contributed by atoms with van der Waals surface area (Å²) in [4.78, 5) is 46.2. The van der Waals surface area contributed by atoms with Crippen LogP contribution in [-0.2, 0) is 0 Å². The second kappa shape index (κ2) is 5.36. The van der Waals surface area contributed by atoms with Crippen molar-refractivity contribution in [3.8, 4) is 5.69 Å². The van der Waals surface area contributed by atoms with Gasteiger partial charge in [-0.3, -0.25) is 14.6 Å². The highest BCUT2D eigenvalue weighted by molar-refractivity contribution is 5.95. The number of H-pyrrole nitrogens is 1. The third-order valence-electron chi connectivity index (χ3n) is 3.23. The summed E-state index contributed by atoms with van der Waals surface area (Å²) in [6, 6.07) is 8.73. The zero-order valence-electron chi connectivity index (χ0n) is 11.7. The molecular weight excluding hydrogens is 284 g/mol. The number of hydrogen-bond donors (Lipinski definition) is 1. The number of para-hydroxylation sites is 1. The molecule has 0 unspecified atom stereocenters. The minimum atomic E-state index is -0.629. The molecule has 110 valence electrons. The number of rotatable bonds is 3. The Morgan fingerprint density at radius 2 is 1.95 bits per heavy atom. The summed E-state index contributed by atoms with van der Waals surface area (Å²) in [5.41, 5.74) is -0.515. The molecule has 0 saturated carbocycles. The quantitative estimate of drug-likeness (QED) is 0.729. The van der Waals surface area contributed by atoms with Gasteiger partial charge in [-0.2, -0.15) is 0 Å². The second-order valence-corrected chi connectivity index (χ2v) is 4.63. The van der Waals surface area contributed by atoms with E-state index < -0.39 is 11.2 Å². The smallest absolute Gasteiger partial charge is 0.292 e. The summed E-state index contributed by atoms with van der Waals surface area (Å²) >= 11 is 0. The van der Waals surface area contributed by atoms with Gasteiger partial charge in [-0.1, -0.05) is 25.1 Å². The molecule has 0 bridgehead atoms. The van der Waals surface area contributed by atoms with Crippen molar-refractivity contribution < 1.29 is 4.79 Å². The fourth-order valence-corrected chi connectivity index (χ4v) is 2.14. The predicted molar refractivity (Wildman–Crippen MR) is 80.4 cm³/mol. The predicted octanol–water partition coefficient (Wildman–Crippen LogP) is 1.06. The Labute approximate surface area is 124 Å². The lowest BCUT2D eigenvalue weighted by Gasteiger charge is -2.08. The van der Waals surface area contributed by atoms with Gasteiger partial charge in [0.2, 0.25) is 0 Å². The van der Waals surface area contributed by atoms with Crippen LogP contribution in [0.15, 0.2) is 46.1 Å². The van der Waals surface area contributed by atoms with Crippen LogP contribution in [0.2, 0.25) is 0 Å². The Kier molecular flexibility index (Phi) is 3.38. The molecule has 22 heavy (non-hydrogen) atoms. The van der Waals surface area contributed by atoms with Gasteiger partial charge in [0.1, 0.15) is 5.69 Å². The van der Waals surface area contributed by atoms with E-state index in [0.29, 0.717) is 5.69 Å². The first-order valence-electron chi connectivity index (χ1n) is 6.72. The van der Waals surface area contributed by atoms with Crippen molar-refractivity contribution >= 4 is 16.9 Å². The van der Waals surface area contributed by atoms with Gasteiger partial charge in [-0.25, -0.2) is 19.3 Å². The average Bonchev–Trinajstić information content (AvgIpc) is 2.54. The number of nitrogens with zero attached hydrogens (tertiary/aromatic N) is 3. The topological polar surface area (TPSA) is 97.7 Å². The lowest BCUT2D eigenvalue weighted by molar-refractivity contribution is 0.0983. The highest BCUT2D eigenvalue weighted by Gasteiger charge is 2.14. The third kappa shape index (κ3) is 2.22. The first kappa shape index (κ1) is 13.9. The SMILES string of the molecule is CCC(=O)c1cnc2c(=O)[nH]c(=O)n(-c3ccccc3)c2n1. The van der Waals surface area contributed by atoms with E-state index in [9.17, 15) is 14.4 Å². The van der Waals surface area contributed by atoms with Crippen LogP contribution in [0.25, 0.3) is 16.9 Å². The molecule has 0 radical (unpaired) electrons. The van der Waals surface area contributed by atoms with Crippen LogP contribution in [0.1, 0.15) is 23.8 Å². The molecule has 0 atom stereocenters. The zero-order valence-corrected chi connectivity index (χ0v) is 11.7. The summed E-state index contributed by atoms with van der Waals surface area (Å²) < 4.78 is 1.23. The van der Waals surface area contributed by atoms with E-state index in [0.717, 1.165) is 0 Å². The summed E-state index contributed by atoms with van der Waals surface area (Å²) in [5, 5.41) is 0. The number of aromatic nitrogens is 4. The molecule has 1 aromatic carbocycles. The Morgan fingerprint density at radius 1 is 1.23 bits per heavy atom. The van der Waals surface area contributed by atoms with Crippen molar-refractivity contribution in [2.24, 2.45) is 0 Å². The van der Waals surface area contributed by atoms with Crippen LogP contribution >= 0.6 is 0 Å². The van der Waals surface area contributed by atoms with Crippen LogP contribution < -0.4 is 11.2 Å². The molecule has 3 rings (SSSR count). The maximum Gasteiger partial charge on any atom is 0.334 e. The number of carbonyl (C=O) groups excluding carboxylic acids is 1. The van der Waals surface area contributed by atoms with Gasteiger partial charge < -0.3 is 0 Å². The number of Topliss-reactive ketones (excluding diaryl/α,β-unsaturated/α-hetero) is 1.